The van der Waals surface area contributed by atoms with Gasteiger partial charge in [-0.05, 0) is 31.2 Å². The lowest BCUT2D eigenvalue weighted by Crippen LogP contribution is -1.95. The quantitative estimate of drug-likeness (QED) is 0.754. The summed E-state index contributed by atoms with van der Waals surface area (Å²) in [6.07, 6.45) is 0. The summed E-state index contributed by atoms with van der Waals surface area (Å²) in [5.41, 5.74) is 2.24. The Morgan fingerprint density at radius 1 is 1.40 bits per heavy atom. The second kappa shape index (κ2) is 4.19. The summed E-state index contributed by atoms with van der Waals surface area (Å²) in [4.78, 5) is 10.8. The van der Waals surface area contributed by atoms with Crippen molar-refractivity contribution in [1.29, 1.82) is 0 Å². The van der Waals surface area contributed by atoms with Crippen molar-refractivity contribution in [1.82, 2.24) is 14.8 Å². The van der Waals surface area contributed by atoms with Gasteiger partial charge in [-0.15, -0.1) is 0 Å². The molecule has 0 saturated heterocycles. The molecular formula is C14H12FN3O2. The van der Waals surface area contributed by atoms with Gasteiger partial charge in [0.05, 0.1) is 11.2 Å². The Morgan fingerprint density at radius 2 is 2.15 bits per heavy atom. The minimum absolute atomic E-state index is 0.0660. The van der Waals surface area contributed by atoms with Crippen LogP contribution < -0.4 is 0 Å². The first-order valence-corrected chi connectivity index (χ1v) is 6.02. The standard InChI is InChI=1S/C14H12FN3O2/c1-7-5-9-12(18(7)2)4-3-8(13(9)15)10-6-11(14(19)20)17-16-10/h3-6H,1-2H3,(H,16,17)(H,19,20). The van der Waals surface area contributed by atoms with E-state index in [2.05, 4.69) is 10.2 Å². The van der Waals surface area contributed by atoms with Crippen molar-refractivity contribution < 1.29 is 14.3 Å². The molecule has 0 fully saturated rings. The van der Waals surface area contributed by atoms with E-state index in [1.54, 1.807) is 18.2 Å². The van der Waals surface area contributed by atoms with Crippen LogP contribution in [0.15, 0.2) is 24.3 Å². The Morgan fingerprint density at radius 3 is 2.80 bits per heavy atom. The number of fused-ring (bicyclic) bond motifs is 1. The Labute approximate surface area is 113 Å². The van der Waals surface area contributed by atoms with E-state index in [0.717, 1.165) is 11.2 Å². The molecule has 102 valence electrons. The van der Waals surface area contributed by atoms with Gasteiger partial charge < -0.3 is 9.67 Å². The van der Waals surface area contributed by atoms with E-state index >= 15 is 0 Å². The van der Waals surface area contributed by atoms with Crippen LogP contribution in [0.2, 0.25) is 0 Å². The zero-order chi connectivity index (χ0) is 14.4. The van der Waals surface area contributed by atoms with Crippen molar-refractivity contribution in [3.05, 3.63) is 41.5 Å². The minimum Gasteiger partial charge on any atom is -0.477 e. The monoisotopic (exact) mass is 273 g/mol. The Balaban J connectivity index is 2.21. The van der Waals surface area contributed by atoms with E-state index in [1.807, 2.05) is 18.5 Å². The largest absolute Gasteiger partial charge is 0.477 e. The number of benzene rings is 1. The summed E-state index contributed by atoms with van der Waals surface area (Å²) in [6, 6.07) is 6.50. The average molecular weight is 273 g/mol. The molecule has 3 aromatic rings. The molecule has 0 aliphatic heterocycles. The zero-order valence-electron chi connectivity index (χ0n) is 10.9. The van der Waals surface area contributed by atoms with Crippen molar-refractivity contribution in [3.63, 3.8) is 0 Å². The second-order valence-corrected chi connectivity index (χ2v) is 4.68. The highest BCUT2D eigenvalue weighted by atomic mass is 19.1. The van der Waals surface area contributed by atoms with E-state index < -0.39 is 11.8 Å². The fourth-order valence-electron chi connectivity index (χ4n) is 2.28. The second-order valence-electron chi connectivity index (χ2n) is 4.68. The molecule has 1 aromatic carbocycles. The number of nitrogens with one attached hydrogen (secondary N) is 1. The van der Waals surface area contributed by atoms with Crippen LogP contribution in [-0.4, -0.2) is 25.8 Å². The van der Waals surface area contributed by atoms with Gasteiger partial charge >= 0.3 is 5.97 Å². The van der Waals surface area contributed by atoms with E-state index in [4.69, 9.17) is 5.11 Å². The van der Waals surface area contributed by atoms with Crippen LogP contribution in [0.5, 0.6) is 0 Å². The number of halogens is 1. The Kier molecular flexibility index (Phi) is 2.60. The van der Waals surface area contributed by atoms with Crippen LogP contribution in [-0.2, 0) is 7.05 Å². The van der Waals surface area contributed by atoms with Crippen molar-refractivity contribution >= 4 is 16.9 Å². The van der Waals surface area contributed by atoms with Gasteiger partial charge in [0, 0.05) is 23.7 Å². The van der Waals surface area contributed by atoms with Crippen LogP contribution in [0.1, 0.15) is 16.2 Å². The number of hydrogen-bond acceptors (Lipinski definition) is 2. The molecule has 0 spiro atoms. The van der Waals surface area contributed by atoms with Gasteiger partial charge in [0.15, 0.2) is 0 Å². The van der Waals surface area contributed by atoms with Crippen LogP contribution in [0.4, 0.5) is 4.39 Å². The highest BCUT2D eigenvalue weighted by Gasteiger charge is 2.16. The molecule has 0 aliphatic rings. The molecule has 3 rings (SSSR count). The van der Waals surface area contributed by atoms with Gasteiger partial charge in [0.2, 0.25) is 0 Å². The highest BCUT2D eigenvalue weighted by molar-refractivity contribution is 5.89. The lowest BCUT2D eigenvalue weighted by atomic mass is 10.1. The summed E-state index contributed by atoms with van der Waals surface area (Å²) in [5, 5.41) is 15.6. The summed E-state index contributed by atoms with van der Waals surface area (Å²) >= 11 is 0. The molecule has 0 amide bonds. The SMILES string of the molecule is Cc1cc2c(F)c(-c3cc(C(=O)O)[nH]n3)ccc2n1C. The number of aromatic nitrogens is 3. The number of H-pyrrole nitrogens is 1. The fraction of sp³-hybridized carbons (Fsp3) is 0.143. The normalized spacial score (nSPS) is 11.2. The molecule has 0 bridgehead atoms. The first-order valence-electron chi connectivity index (χ1n) is 6.02. The van der Waals surface area contributed by atoms with E-state index in [1.165, 1.54) is 6.07 Å². The lowest BCUT2D eigenvalue weighted by Gasteiger charge is -2.02. The first-order chi connectivity index (χ1) is 9.49. The first kappa shape index (κ1) is 12.4. The smallest absolute Gasteiger partial charge is 0.353 e. The van der Waals surface area contributed by atoms with E-state index in [0.29, 0.717) is 5.39 Å². The third kappa shape index (κ3) is 1.69. The van der Waals surface area contributed by atoms with E-state index in [-0.39, 0.29) is 17.0 Å². The number of aryl methyl sites for hydroxylation is 2. The summed E-state index contributed by atoms with van der Waals surface area (Å²) in [5.74, 6) is -1.52. The third-order valence-electron chi connectivity index (χ3n) is 3.48. The van der Waals surface area contributed by atoms with Crippen LogP contribution in [0.25, 0.3) is 22.2 Å². The maximum atomic E-state index is 14.5. The van der Waals surface area contributed by atoms with Gasteiger partial charge in [0.25, 0.3) is 0 Å². The lowest BCUT2D eigenvalue weighted by molar-refractivity contribution is 0.0690. The molecule has 0 unspecified atom stereocenters. The van der Waals surface area contributed by atoms with Gasteiger partial charge in [-0.3, -0.25) is 5.10 Å². The molecular weight excluding hydrogens is 261 g/mol. The van der Waals surface area contributed by atoms with Gasteiger partial charge in [-0.2, -0.15) is 5.10 Å². The maximum Gasteiger partial charge on any atom is 0.353 e. The highest BCUT2D eigenvalue weighted by Crippen LogP contribution is 2.29. The fourth-order valence-corrected chi connectivity index (χ4v) is 2.28. The molecule has 0 aliphatic carbocycles. The van der Waals surface area contributed by atoms with Crippen molar-refractivity contribution in [2.75, 3.05) is 0 Å². The minimum atomic E-state index is -1.12. The molecule has 2 heterocycles. The molecule has 2 aromatic heterocycles. The summed E-state index contributed by atoms with van der Waals surface area (Å²) in [7, 11) is 1.87. The molecule has 0 atom stereocenters. The van der Waals surface area contributed by atoms with Crippen LogP contribution >= 0.6 is 0 Å². The van der Waals surface area contributed by atoms with Crippen LogP contribution in [0.3, 0.4) is 0 Å². The number of nitrogens with zero attached hydrogens (tertiary/aromatic N) is 2. The van der Waals surface area contributed by atoms with Crippen molar-refractivity contribution in [2.45, 2.75) is 6.92 Å². The number of carbonyl (C=O) groups is 1. The van der Waals surface area contributed by atoms with Crippen LogP contribution in [0, 0.1) is 12.7 Å². The van der Waals surface area contributed by atoms with Gasteiger partial charge in [0.1, 0.15) is 11.5 Å². The average Bonchev–Trinajstić information content (AvgIpc) is 2.99. The number of aromatic carboxylic acids is 1. The number of hydrogen-bond donors (Lipinski definition) is 2. The van der Waals surface area contributed by atoms with Crippen molar-refractivity contribution in [3.8, 4) is 11.3 Å². The van der Waals surface area contributed by atoms with Gasteiger partial charge in [-0.25, -0.2) is 9.18 Å². The Bertz CT molecular complexity index is 832. The Hall–Kier alpha value is -2.63. The number of carboxylic acids is 1. The number of aromatic amines is 1. The zero-order valence-corrected chi connectivity index (χ0v) is 10.9. The summed E-state index contributed by atoms with van der Waals surface area (Å²) in [6.45, 7) is 1.90. The molecule has 0 saturated carbocycles. The number of rotatable bonds is 2. The molecule has 6 heteroatoms. The number of carboxylic acid groups (broad SMARTS) is 1. The molecule has 0 radical (unpaired) electrons. The topological polar surface area (TPSA) is 70.9 Å². The third-order valence-corrected chi connectivity index (χ3v) is 3.48. The van der Waals surface area contributed by atoms with Crippen molar-refractivity contribution in [2.24, 2.45) is 7.05 Å². The predicted molar refractivity (Wildman–Crippen MR) is 72.2 cm³/mol. The molecule has 2 N–H and O–H groups in total. The maximum absolute atomic E-state index is 14.5. The molecule has 5 nitrogen and oxygen atoms in total. The predicted octanol–water partition coefficient (Wildman–Crippen LogP) is 2.71. The van der Waals surface area contributed by atoms with E-state index in [9.17, 15) is 9.18 Å². The van der Waals surface area contributed by atoms with Gasteiger partial charge in [-0.1, -0.05) is 0 Å². The molecule has 20 heavy (non-hydrogen) atoms. The summed E-state index contributed by atoms with van der Waals surface area (Å²) < 4.78 is 16.4.